The third-order valence-electron chi connectivity index (χ3n) is 4.16. The Morgan fingerprint density at radius 3 is 2.20 bits per heavy atom. The fourth-order valence-electron chi connectivity index (χ4n) is 2.73. The zero-order valence-corrected chi connectivity index (χ0v) is 17.7. The Bertz CT molecular complexity index is 1170. The number of hydrogen-bond acceptors (Lipinski definition) is 4. The van der Waals surface area contributed by atoms with Gasteiger partial charge in [0.2, 0.25) is 0 Å². The molecule has 0 atom stereocenters. The highest BCUT2D eigenvalue weighted by atomic mass is 35.5. The van der Waals surface area contributed by atoms with Crippen LogP contribution >= 0.6 is 34.5 Å². The van der Waals surface area contributed by atoms with Crippen molar-refractivity contribution in [3.05, 3.63) is 93.5 Å². The van der Waals surface area contributed by atoms with Crippen LogP contribution in [0.3, 0.4) is 0 Å². The molecule has 0 saturated heterocycles. The highest BCUT2D eigenvalue weighted by Gasteiger charge is 2.10. The summed E-state index contributed by atoms with van der Waals surface area (Å²) in [6, 6.07) is 18.1. The first-order valence-corrected chi connectivity index (χ1v) is 10.5. The Morgan fingerprint density at radius 1 is 0.900 bits per heavy atom. The SMILES string of the molecule is O=C(Nc1ccc(-c2csc(Nc3ccc(F)cc3)n2)cc1)c1cc(Cl)cc(Cl)c1. The molecule has 0 saturated carbocycles. The zero-order chi connectivity index (χ0) is 21.1. The van der Waals surface area contributed by atoms with Crippen molar-refractivity contribution in [2.45, 2.75) is 0 Å². The average Bonchev–Trinajstić information content (AvgIpc) is 3.18. The van der Waals surface area contributed by atoms with E-state index in [1.165, 1.54) is 23.5 Å². The van der Waals surface area contributed by atoms with Gasteiger partial charge in [-0.1, -0.05) is 35.3 Å². The molecule has 1 aromatic heterocycles. The van der Waals surface area contributed by atoms with Crippen molar-refractivity contribution in [3.8, 4) is 11.3 Å². The molecule has 1 amide bonds. The van der Waals surface area contributed by atoms with Crippen molar-refractivity contribution in [2.75, 3.05) is 10.6 Å². The number of carbonyl (C=O) groups excluding carboxylic acids is 1. The van der Waals surface area contributed by atoms with Gasteiger partial charge in [0.05, 0.1) is 5.69 Å². The zero-order valence-electron chi connectivity index (χ0n) is 15.3. The van der Waals surface area contributed by atoms with Crippen LogP contribution in [0.25, 0.3) is 11.3 Å². The molecule has 4 rings (SSSR count). The minimum Gasteiger partial charge on any atom is -0.332 e. The first-order chi connectivity index (χ1) is 14.5. The lowest BCUT2D eigenvalue weighted by Gasteiger charge is -2.07. The number of anilines is 3. The van der Waals surface area contributed by atoms with Crippen LogP contribution in [-0.4, -0.2) is 10.9 Å². The van der Waals surface area contributed by atoms with Gasteiger partial charge in [0.15, 0.2) is 5.13 Å². The van der Waals surface area contributed by atoms with E-state index in [0.29, 0.717) is 26.4 Å². The Balaban J connectivity index is 1.44. The predicted octanol–water partition coefficient (Wildman–Crippen LogP) is 7.25. The van der Waals surface area contributed by atoms with Gasteiger partial charge in [0.1, 0.15) is 5.82 Å². The van der Waals surface area contributed by atoms with Crippen molar-refractivity contribution in [1.29, 1.82) is 0 Å². The summed E-state index contributed by atoms with van der Waals surface area (Å²) in [5.41, 5.74) is 3.48. The Kier molecular flexibility index (Phi) is 5.99. The number of rotatable bonds is 5. The summed E-state index contributed by atoms with van der Waals surface area (Å²) in [7, 11) is 0. The number of thiazole rings is 1. The van der Waals surface area contributed by atoms with Gasteiger partial charge in [0, 0.05) is 37.9 Å². The second kappa shape index (κ2) is 8.83. The van der Waals surface area contributed by atoms with Gasteiger partial charge in [-0.2, -0.15) is 0 Å². The molecule has 0 unspecified atom stereocenters. The van der Waals surface area contributed by atoms with Gasteiger partial charge < -0.3 is 10.6 Å². The fourth-order valence-corrected chi connectivity index (χ4v) is 4.00. The molecule has 0 spiro atoms. The maximum atomic E-state index is 13.0. The van der Waals surface area contributed by atoms with Crippen LogP contribution in [0.15, 0.2) is 72.1 Å². The highest BCUT2D eigenvalue weighted by Crippen LogP contribution is 2.28. The normalized spacial score (nSPS) is 10.6. The van der Waals surface area contributed by atoms with Crippen molar-refractivity contribution >= 4 is 57.0 Å². The van der Waals surface area contributed by atoms with Crippen LogP contribution in [-0.2, 0) is 0 Å². The third kappa shape index (κ3) is 4.97. The molecule has 4 nitrogen and oxygen atoms in total. The number of aromatic nitrogens is 1. The molecule has 3 aromatic carbocycles. The monoisotopic (exact) mass is 457 g/mol. The quantitative estimate of drug-likeness (QED) is 0.331. The molecule has 0 fully saturated rings. The number of benzene rings is 3. The smallest absolute Gasteiger partial charge is 0.255 e. The molecule has 0 radical (unpaired) electrons. The first kappa shape index (κ1) is 20.3. The maximum Gasteiger partial charge on any atom is 0.255 e. The average molecular weight is 458 g/mol. The summed E-state index contributed by atoms with van der Waals surface area (Å²) in [6.07, 6.45) is 0. The Labute approximate surface area is 186 Å². The molecule has 150 valence electrons. The Hall–Kier alpha value is -2.93. The second-order valence-electron chi connectivity index (χ2n) is 6.36. The predicted molar refractivity (Wildman–Crippen MR) is 122 cm³/mol. The minimum atomic E-state index is -0.299. The van der Waals surface area contributed by atoms with E-state index in [9.17, 15) is 9.18 Å². The van der Waals surface area contributed by atoms with Crippen LogP contribution < -0.4 is 10.6 Å². The standard InChI is InChI=1S/C22H14Cl2FN3OS/c23-15-9-14(10-16(24)11-15)21(29)26-18-5-1-13(2-6-18)20-12-30-22(28-20)27-19-7-3-17(25)4-8-19/h1-12H,(H,26,29)(H,27,28). The van der Waals surface area contributed by atoms with Crippen LogP contribution in [0.1, 0.15) is 10.4 Å². The minimum absolute atomic E-state index is 0.286. The molecule has 0 aliphatic heterocycles. The van der Waals surface area contributed by atoms with Crippen molar-refractivity contribution in [2.24, 2.45) is 0 Å². The van der Waals surface area contributed by atoms with Crippen LogP contribution in [0.2, 0.25) is 10.0 Å². The first-order valence-electron chi connectivity index (χ1n) is 8.82. The third-order valence-corrected chi connectivity index (χ3v) is 5.36. The van der Waals surface area contributed by atoms with Crippen LogP contribution in [0.5, 0.6) is 0 Å². The van der Waals surface area contributed by atoms with Gasteiger partial charge in [-0.05, 0) is 54.6 Å². The van der Waals surface area contributed by atoms with Gasteiger partial charge in [-0.25, -0.2) is 9.37 Å². The molecule has 1 heterocycles. The number of carbonyl (C=O) groups is 1. The van der Waals surface area contributed by atoms with Crippen molar-refractivity contribution in [1.82, 2.24) is 4.98 Å². The number of halogens is 3. The summed E-state index contributed by atoms with van der Waals surface area (Å²) in [5, 5.41) is 9.39. The van der Waals surface area contributed by atoms with E-state index in [-0.39, 0.29) is 11.7 Å². The van der Waals surface area contributed by atoms with Crippen LogP contribution in [0, 0.1) is 5.82 Å². The summed E-state index contributed by atoms with van der Waals surface area (Å²) in [5.74, 6) is -0.586. The molecule has 30 heavy (non-hydrogen) atoms. The molecule has 0 aliphatic carbocycles. The second-order valence-corrected chi connectivity index (χ2v) is 8.09. The lowest BCUT2D eigenvalue weighted by atomic mass is 10.1. The molecule has 2 N–H and O–H groups in total. The van der Waals surface area contributed by atoms with Gasteiger partial charge >= 0.3 is 0 Å². The molecule has 0 aliphatic rings. The number of hydrogen-bond donors (Lipinski definition) is 2. The fraction of sp³-hybridized carbons (Fsp3) is 0. The lowest BCUT2D eigenvalue weighted by Crippen LogP contribution is -2.11. The number of nitrogens with zero attached hydrogens (tertiary/aromatic N) is 1. The van der Waals surface area contributed by atoms with E-state index in [0.717, 1.165) is 16.9 Å². The Morgan fingerprint density at radius 2 is 1.53 bits per heavy atom. The van der Waals surface area contributed by atoms with Gasteiger partial charge in [0.25, 0.3) is 5.91 Å². The van der Waals surface area contributed by atoms with E-state index in [2.05, 4.69) is 15.6 Å². The molecule has 4 aromatic rings. The maximum absolute atomic E-state index is 13.0. The highest BCUT2D eigenvalue weighted by molar-refractivity contribution is 7.14. The van der Waals surface area contributed by atoms with Crippen molar-refractivity contribution in [3.63, 3.8) is 0 Å². The molecule has 8 heteroatoms. The van der Waals surface area contributed by atoms with Gasteiger partial charge in [-0.15, -0.1) is 11.3 Å². The number of nitrogens with one attached hydrogen (secondary N) is 2. The molecule has 0 bridgehead atoms. The number of amides is 1. The summed E-state index contributed by atoms with van der Waals surface area (Å²) in [4.78, 5) is 17.0. The van der Waals surface area contributed by atoms with E-state index in [1.807, 2.05) is 17.5 Å². The lowest BCUT2D eigenvalue weighted by molar-refractivity contribution is 0.102. The summed E-state index contributed by atoms with van der Waals surface area (Å²) < 4.78 is 13.0. The largest absolute Gasteiger partial charge is 0.332 e. The van der Waals surface area contributed by atoms with E-state index in [1.54, 1.807) is 42.5 Å². The van der Waals surface area contributed by atoms with Gasteiger partial charge in [-0.3, -0.25) is 4.79 Å². The van der Waals surface area contributed by atoms with Crippen molar-refractivity contribution < 1.29 is 9.18 Å². The van der Waals surface area contributed by atoms with E-state index < -0.39 is 0 Å². The summed E-state index contributed by atoms with van der Waals surface area (Å²) >= 11 is 13.4. The van der Waals surface area contributed by atoms with E-state index in [4.69, 9.17) is 23.2 Å². The molecular formula is C22H14Cl2FN3OS. The van der Waals surface area contributed by atoms with Crippen LogP contribution in [0.4, 0.5) is 20.9 Å². The van der Waals surface area contributed by atoms with E-state index >= 15 is 0 Å². The summed E-state index contributed by atoms with van der Waals surface area (Å²) in [6.45, 7) is 0. The molecular weight excluding hydrogens is 444 g/mol. The topological polar surface area (TPSA) is 54.0 Å².